The molecule has 0 aliphatic heterocycles. The molecular weight excluding hydrogens is 930 g/mol. The van der Waals surface area contributed by atoms with Crippen LogP contribution in [0.15, 0.2) is 127 Å². The highest BCUT2D eigenvalue weighted by molar-refractivity contribution is 6.12. The summed E-state index contributed by atoms with van der Waals surface area (Å²) in [6, 6.07) is 22.7. The Morgan fingerprint density at radius 1 is 0.324 bits per heavy atom. The average molecular weight is 951 g/mol. The van der Waals surface area contributed by atoms with Crippen molar-refractivity contribution in [3.63, 3.8) is 0 Å². The van der Waals surface area contributed by atoms with Crippen LogP contribution in [0.4, 0.5) is 65.9 Å². The number of nitrogens with zero attached hydrogens (tertiary/aromatic N) is 4. The van der Waals surface area contributed by atoms with E-state index in [2.05, 4.69) is 0 Å². The molecule has 9 aromatic rings. The molecule has 0 atom stereocenters. The van der Waals surface area contributed by atoms with Crippen molar-refractivity contribution < 1.29 is 65.9 Å². The number of alkyl halides is 15. The van der Waals surface area contributed by atoms with E-state index in [-0.39, 0.29) is 82.8 Å². The lowest BCUT2D eigenvalue weighted by Crippen LogP contribution is -2.08. The lowest BCUT2D eigenvalue weighted by atomic mass is 9.93. The van der Waals surface area contributed by atoms with Gasteiger partial charge in [0.25, 0.3) is 0 Å². The summed E-state index contributed by atoms with van der Waals surface area (Å²) in [7, 11) is 0. The summed E-state index contributed by atoms with van der Waals surface area (Å²) in [5.41, 5.74) is -8.34. The predicted molar refractivity (Wildman–Crippen MR) is 220 cm³/mol. The zero-order valence-corrected chi connectivity index (χ0v) is 33.6. The summed E-state index contributed by atoms with van der Waals surface area (Å²) >= 11 is 0. The first-order chi connectivity index (χ1) is 31.8. The molecule has 0 saturated carbocycles. The predicted octanol–water partition coefficient (Wildman–Crippen LogP) is 16.1. The molecule has 9 rings (SSSR count). The zero-order valence-electron chi connectivity index (χ0n) is 33.6. The molecule has 0 unspecified atom stereocenters. The monoisotopic (exact) mass is 950 g/mol. The van der Waals surface area contributed by atoms with Gasteiger partial charge in [0, 0.05) is 32.7 Å². The van der Waals surface area contributed by atoms with E-state index in [1.54, 1.807) is 6.07 Å². The number of hydrogen-bond acceptors (Lipinski definition) is 2. The Balaban J connectivity index is 1.44. The Morgan fingerprint density at radius 2 is 0.647 bits per heavy atom. The van der Waals surface area contributed by atoms with Crippen molar-refractivity contribution in [2.45, 2.75) is 30.9 Å². The van der Waals surface area contributed by atoms with Crippen LogP contribution >= 0.6 is 0 Å². The molecule has 0 bridgehead atoms. The molecule has 0 saturated heterocycles. The van der Waals surface area contributed by atoms with Crippen LogP contribution in [0.2, 0.25) is 0 Å². The van der Waals surface area contributed by atoms with Crippen molar-refractivity contribution in [3.8, 4) is 45.8 Å². The van der Waals surface area contributed by atoms with Crippen molar-refractivity contribution in [1.82, 2.24) is 9.13 Å². The van der Waals surface area contributed by atoms with Gasteiger partial charge in [0.05, 0.1) is 84.5 Å². The molecule has 4 nitrogen and oxygen atoms in total. The number of fused-ring (bicyclic) bond motifs is 6. The van der Waals surface area contributed by atoms with Gasteiger partial charge in [-0.1, -0.05) is 24.3 Å². The molecule has 2 aromatic heterocycles. The summed E-state index contributed by atoms with van der Waals surface area (Å²) in [5.74, 6) is 0. The summed E-state index contributed by atoms with van der Waals surface area (Å²) in [5, 5.41) is 18.2. The highest BCUT2D eigenvalue weighted by Gasteiger charge is 2.37. The minimum Gasteiger partial charge on any atom is -0.309 e. The minimum atomic E-state index is -5.08. The number of hydrogen-bond donors (Lipinski definition) is 0. The van der Waals surface area contributed by atoms with Gasteiger partial charge < -0.3 is 9.13 Å². The van der Waals surface area contributed by atoms with Crippen LogP contribution in [0.25, 0.3) is 77.2 Å². The van der Waals surface area contributed by atoms with Gasteiger partial charge in [0.15, 0.2) is 0 Å². The standard InChI is InChI=1S/C49H21F15N4/c50-45(51,52)27-4-11-39-34(18-27)35-19-28(46(53,54)55)5-12-40(35)67(39)43-16-25(23-66)2-9-32(43)33-10-3-26(31-8-1-24(22-65)15-38(31)49(62,63)64)17-44(33)68-41-13-6-29(47(56,57)58)20-36(41)37-21-30(48(59,60)61)7-14-42(37)68/h1-21H. The van der Waals surface area contributed by atoms with Crippen molar-refractivity contribution in [1.29, 1.82) is 10.5 Å². The fourth-order valence-electron chi connectivity index (χ4n) is 8.50. The van der Waals surface area contributed by atoms with Crippen LogP contribution in [0, 0.1) is 22.7 Å². The smallest absolute Gasteiger partial charge is 0.309 e. The third-order valence-corrected chi connectivity index (χ3v) is 11.5. The molecule has 19 heteroatoms. The molecule has 0 N–H and O–H groups in total. The minimum absolute atomic E-state index is 0.00570. The van der Waals surface area contributed by atoms with Crippen LogP contribution in [0.5, 0.6) is 0 Å². The maximum atomic E-state index is 14.7. The first kappa shape index (κ1) is 45.2. The first-order valence-electron chi connectivity index (χ1n) is 19.5. The normalized spacial score (nSPS) is 12.9. The lowest BCUT2D eigenvalue weighted by molar-refractivity contribution is -0.138. The fraction of sp³-hybridized carbons (Fsp3) is 0.102. The second kappa shape index (κ2) is 15.3. The molecule has 0 aliphatic carbocycles. The SMILES string of the molecule is N#Cc1ccc(-c2ccc(-c3ccc(C#N)cc3C(F)(F)F)cc2-n2c3ccc(C(F)(F)F)cc3c3cc(C(F)(F)F)ccc32)c(-n2c3ccc(C(F)(F)F)cc3c3cc(C(F)(F)F)ccc32)c1. The molecule has 2 heterocycles. The summed E-state index contributed by atoms with van der Waals surface area (Å²) in [6.07, 6.45) is -25.0. The number of halogens is 15. The maximum Gasteiger partial charge on any atom is 0.417 e. The van der Waals surface area contributed by atoms with E-state index < -0.39 is 64.3 Å². The van der Waals surface area contributed by atoms with E-state index in [1.165, 1.54) is 45.5 Å². The Morgan fingerprint density at radius 3 is 0.985 bits per heavy atom. The second-order valence-corrected chi connectivity index (χ2v) is 15.5. The fourth-order valence-corrected chi connectivity index (χ4v) is 8.50. The highest BCUT2D eigenvalue weighted by atomic mass is 19.4. The van der Waals surface area contributed by atoms with Crippen LogP contribution in [0.1, 0.15) is 38.9 Å². The van der Waals surface area contributed by atoms with E-state index in [0.717, 1.165) is 36.4 Å². The third-order valence-electron chi connectivity index (χ3n) is 11.5. The first-order valence-corrected chi connectivity index (χ1v) is 19.5. The summed E-state index contributed by atoms with van der Waals surface area (Å²) in [4.78, 5) is 0. The van der Waals surface area contributed by atoms with Gasteiger partial charge in [0.2, 0.25) is 0 Å². The zero-order chi connectivity index (χ0) is 49.0. The molecule has 0 fully saturated rings. The molecule has 0 aliphatic rings. The Labute approximate surface area is 371 Å². The Hall–Kier alpha value is -7.93. The van der Waals surface area contributed by atoms with Gasteiger partial charge in [-0.25, -0.2) is 0 Å². The second-order valence-electron chi connectivity index (χ2n) is 15.5. The summed E-state index contributed by atoms with van der Waals surface area (Å²) < 4.78 is 217. The Kier molecular flexibility index (Phi) is 10.2. The topological polar surface area (TPSA) is 57.4 Å². The van der Waals surface area contributed by atoms with Crippen LogP contribution in [0.3, 0.4) is 0 Å². The maximum absolute atomic E-state index is 14.7. The molecule has 0 spiro atoms. The van der Waals surface area contributed by atoms with Gasteiger partial charge in [-0.3, -0.25) is 0 Å². The van der Waals surface area contributed by atoms with E-state index in [4.69, 9.17) is 0 Å². The summed E-state index contributed by atoms with van der Waals surface area (Å²) in [6.45, 7) is 0. The van der Waals surface area contributed by atoms with E-state index >= 15 is 0 Å². The van der Waals surface area contributed by atoms with Crippen LogP contribution < -0.4 is 0 Å². The quantitative estimate of drug-likeness (QED) is 0.165. The number of benzene rings is 7. The van der Waals surface area contributed by atoms with Gasteiger partial charge in [-0.2, -0.15) is 76.4 Å². The van der Waals surface area contributed by atoms with Crippen LogP contribution in [-0.4, -0.2) is 9.13 Å². The third kappa shape index (κ3) is 7.67. The van der Waals surface area contributed by atoms with E-state index in [9.17, 15) is 76.4 Å². The van der Waals surface area contributed by atoms with Crippen molar-refractivity contribution in [2.24, 2.45) is 0 Å². The van der Waals surface area contributed by atoms with Gasteiger partial charge in [-0.05, 0) is 114 Å². The molecular formula is C49H21F15N4. The number of nitriles is 2. The van der Waals surface area contributed by atoms with E-state index in [1.807, 2.05) is 6.07 Å². The number of rotatable bonds is 4. The highest BCUT2D eigenvalue weighted by Crippen LogP contribution is 2.47. The van der Waals surface area contributed by atoms with Crippen LogP contribution in [-0.2, 0) is 30.9 Å². The molecule has 342 valence electrons. The largest absolute Gasteiger partial charge is 0.417 e. The molecule has 68 heavy (non-hydrogen) atoms. The molecule has 7 aromatic carbocycles. The van der Waals surface area contributed by atoms with Crippen molar-refractivity contribution in [2.75, 3.05) is 0 Å². The Bertz CT molecular complexity index is 3500. The van der Waals surface area contributed by atoms with Crippen molar-refractivity contribution in [3.05, 3.63) is 166 Å². The van der Waals surface area contributed by atoms with Gasteiger partial charge in [0.1, 0.15) is 0 Å². The van der Waals surface area contributed by atoms with Gasteiger partial charge >= 0.3 is 30.9 Å². The molecule has 0 radical (unpaired) electrons. The lowest BCUT2D eigenvalue weighted by Gasteiger charge is -2.21. The van der Waals surface area contributed by atoms with Gasteiger partial charge in [-0.15, -0.1) is 0 Å². The average Bonchev–Trinajstić information content (AvgIpc) is 3.78. The molecule has 0 amide bonds. The van der Waals surface area contributed by atoms with Crippen molar-refractivity contribution >= 4 is 43.6 Å². The number of aromatic nitrogens is 2. The van der Waals surface area contributed by atoms with E-state index in [0.29, 0.717) is 54.6 Å².